The van der Waals surface area contributed by atoms with Gasteiger partial charge in [-0.2, -0.15) is 0 Å². The number of ether oxygens (including phenoxy) is 3. The van der Waals surface area contributed by atoms with Crippen molar-refractivity contribution in [3.8, 4) is 5.75 Å². The van der Waals surface area contributed by atoms with Gasteiger partial charge in [-0.15, -0.1) is 0 Å². The van der Waals surface area contributed by atoms with Crippen molar-refractivity contribution in [2.75, 3.05) is 33.5 Å². The molecule has 0 spiro atoms. The first-order valence-electron chi connectivity index (χ1n) is 5.88. The number of methoxy groups -OCH3 is 1. The molecule has 0 fully saturated rings. The first-order chi connectivity index (χ1) is 8.74. The van der Waals surface area contributed by atoms with Crippen LogP contribution in [0.4, 0.5) is 0 Å². The summed E-state index contributed by atoms with van der Waals surface area (Å²) in [6, 6.07) is 7.16. The molecule has 0 aliphatic heterocycles. The van der Waals surface area contributed by atoms with Crippen LogP contribution in [0.3, 0.4) is 0 Å². The Labute approximate surface area is 107 Å². The molecule has 0 saturated heterocycles. The van der Waals surface area contributed by atoms with Crippen LogP contribution in [0.15, 0.2) is 24.3 Å². The first-order valence-corrected chi connectivity index (χ1v) is 5.88. The van der Waals surface area contributed by atoms with E-state index in [9.17, 15) is 0 Å². The second kappa shape index (κ2) is 8.49. The third-order valence-electron chi connectivity index (χ3n) is 2.30. The van der Waals surface area contributed by atoms with Crippen LogP contribution < -0.4 is 10.5 Å². The van der Waals surface area contributed by atoms with Gasteiger partial charge in [-0.05, 0) is 24.3 Å². The quantitative estimate of drug-likeness (QED) is 0.395. The molecule has 0 amide bonds. The molecule has 0 aliphatic carbocycles. The van der Waals surface area contributed by atoms with E-state index < -0.39 is 0 Å². The molecule has 1 rings (SSSR count). The fourth-order valence-corrected chi connectivity index (χ4v) is 1.33. The first kappa shape index (κ1) is 14.5. The zero-order chi connectivity index (χ0) is 13.2. The summed E-state index contributed by atoms with van der Waals surface area (Å²) in [4.78, 5) is 0. The molecule has 5 nitrogen and oxygen atoms in total. The van der Waals surface area contributed by atoms with Crippen molar-refractivity contribution in [3.63, 3.8) is 0 Å². The number of nitrogen functional groups attached to an aromatic ring is 1. The number of amidine groups is 1. The van der Waals surface area contributed by atoms with Crippen molar-refractivity contribution < 1.29 is 14.2 Å². The average molecular weight is 252 g/mol. The van der Waals surface area contributed by atoms with E-state index in [2.05, 4.69) is 0 Å². The minimum atomic E-state index is 0.0630. The van der Waals surface area contributed by atoms with E-state index in [0.29, 0.717) is 32.0 Å². The zero-order valence-corrected chi connectivity index (χ0v) is 10.6. The van der Waals surface area contributed by atoms with Crippen molar-refractivity contribution in [1.29, 1.82) is 5.41 Å². The highest BCUT2D eigenvalue weighted by atomic mass is 16.5. The van der Waals surface area contributed by atoms with Gasteiger partial charge in [0.05, 0.1) is 19.8 Å². The highest BCUT2D eigenvalue weighted by molar-refractivity contribution is 5.94. The maximum absolute atomic E-state index is 7.26. The van der Waals surface area contributed by atoms with Crippen LogP contribution in [-0.2, 0) is 9.47 Å². The summed E-state index contributed by atoms with van der Waals surface area (Å²) in [6.07, 6.45) is 0.832. The second-order valence-corrected chi connectivity index (χ2v) is 3.75. The van der Waals surface area contributed by atoms with Gasteiger partial charge in [-0.3, -0.25) is 5.41 Å². The second-order valence-electron chi connectivity index (χ2n) is 3.75. The van der Waals surface area contributed by atoms with Crippen molar-refractivity contribution in [3.05, 3.63) is 29.8 Å². The van der Waals surface area contributed by atoms with Gasteiger partial charge in [0.15, 0.2) is 0 Å². The van der Waals surface area contributed by atoms with Crippen LogP contribution in [0.5, 0.6) is 5.75 Å². The summed E-state index contributed by atoms with van der Waals surface area (Å²) in [7, 11) is 1.65. The van der Waals surface area contributed by atoms with Crippen LogP contribution in [0.2, 0.25) is 0 Å². The molecule has 0 heterocycles. The smallest absolute Gasteiger partial charge is 0.122 e. The van der Waals surface area contributed by atoms with Crippen LogP contribution in [-0.4, -0.2) is 39.4 Å². The molecule has 0 aromatic heterocycles. The molecular weight excluding hydrogens is 232 g/mol. The lowest BCUT2D eigenvalue weighted by Gasteiger charge is -2.07. The molecule has 1 aromatic carbocycles. The predicted molar refractivity (Wildman–Crippen MR) is 70.3 cm³/mol. The molecule has 3 N–H and O–H groups in total. The largest absolute Gasteiger partial charge is 0.494 e. The van der Waals surface area contributed by atoms with E-state index in [0.717, 1.165) is 12.2 Å². The van der Waals surface area contributed by atoms with Crippen LogP contribution >= 0.6 is 0 Å². The lowest BCUT2D eigenvalue weighted by Crippen LogP contribution is -2.10. The summed E-state index contributed by atoms with van der Waals surface area (Å²) in [6.45, 7) is 2.50. The molecule has 0 atom stereocenters. The molecular formula is C13H20N2O3. The Morgan fingerprint density at radius 1 is 1.11 bits per heavy atom. The molecule has 1 aromatic rings. The lowest BCUT2D eigenvalue weighted by atomic mass is 10.2. The Hall–Kier alpha value is -1.59. The summed E-state index contributed by atoms with van der Waals surface area (Å²) in [5.74, 6) is 0.838. The molecule has 18 heavy (non-hydrogen) atoms. The third-order valence-corrected chi connectivity index (χ3v) is 2.30. The van der Waals surface area contributed by atoms with Crippen LogP contribution in [0.25, 0.3) is 0 Å². The number of nitrogens with two attached hydrogens (primary N) is 1. The lowest BCUT2D eigenvalue weighted by molar-refractivity contribution is 0.0644. The Bertz CT molecular complexity index is 352. The third kappa shape index (κ3) is 5.65. The Kier molecular flexibility index (Phi) is 6.83. The number of rotatable bonds is 9. The molecule has 5 heteroatoms. The highest BCUT2D eigenvalue weighted by Gasteiger charge is 1.97. The number of benzene rings is 1. The zero-order valence-electron chi connectivity index (χ0n) is 10.6. The van der Waals surface area contributed by atoms with Crippen LogP contribution in [0, 0.1) is 5.41 Å². The fraction of sp³-hybridized carbons (Fsp3) is 0.462. The van der Waals surface area contributed by atoms with Gasteiger partial charge in [-0.1, -0.05) is 0 Å². The number of hydrogen-bond donors (Lipinski definition) is 2. The summed E-state index contributed by atoms with van der Waals surface area (Å²) in [5, 5.41) is 7.26. The standard InChI is InChI=1S/C13H20N2O3/c1-16-9-10-17-7-2-8-18-12-5-3-11(4-6-12)13(14)15/h3-6H,2,7-10H2,1H3,(H3,14,15). The van der Waals surface area contributed by atoms with Gasteiger partial charge in [-0.25, -0.2) is 0 Å². The van der Waals surface area contributed by atoms with E-state index in [1.54, 1.807) is 19.2 Å². The monoisotopic (exact) mass is 252 g/mol. The van der Waals surface area contributed by atoms with Crippen LogP contribution in [0.1, 0.15) is 12.0 Å². The summed E-state index contributed by atoms with van der Waals surface area (Å²) < 4.78 is 15.7. The van der Waals surface area contributed by atoms with Crippen molar-refractivity contribution in [2.45, 2.75) is 6.42 Å². The number of nitrogens with one attached hydrogen (secondary N) is 1. The topological polar surface area (TPSA) is 77.6 Å². The van der Waals surface area contributed by atoms with E-state index >= 15 is 0 Å². The maximum Gasteiger partial charge on any atom is 0.122 e. The van der Waals surface area contributed by atoms with Gasteiger partial charge in [0.25, 0.3) is 0 Å². The Morgan fingerprint density at radius 3 is 2.44 bits per heavy atom. The van der Waals surface area contributed by atoms with Gasteiger partial charge in [0.1, 0.15) is 11.6 Å². The molecule has 0 unspecified atom stereocenters. The molecule has 100 valence electrons. The predicted octanol–water partition coefficient (Wildman–Crippen LogP) is 1.40. The molecule has 0 radical (unpaired) electrons. The minimum Gasteiger partial charge on any atom is -0.494 e. The Morgan fingerprint density at radius 2 is 1.83 bits per heavy atom. The van der Waals surface area contributed by atoms with Gasteiger partial charge < -0.3 is 19.9 Å². The Balaban J connectivity index is 2.14. The van der Waals surface area contributed by atoms with E-state index in [-0.39, 0.29) is 5.84 Å². The summed E-state index contributed by atoms with van der Waals surface area (Å²) in [5.41, 5.74) is 6.06. The number of hydrogen-bond acceptors (Lipinski definition) is 4. The summed E-state index contributed by atoms with van der Waals surface area (Å²) >= 11 is 0. The van der Waals surface area contributed by atoms with Crippen molar-refractivity contribution in [1.82, 2.24) is 0 Å². The normalized spacial score (nSPS) is 10.3. The van der Waals surface area contributed by atoms with Gasteiger partial charge in [0.2, 0.25) is 0 Å². The molecule has 0 bridgehead atoms. The minimum absolute atomic E-state index is 0.0630. The molecule has 0 saturated carbocycles. The SMILES string of the molecule is COCCOCCCOc1ccc(C(=N)N)cc1. The van der Waals surface area contributed by atoms with Crippen molar-refractivity contribution >= 4 is 5.84 Å². The average Bonchev–Trinajstić information content (AvgIpc) is 2.38. The fourth-order valence-electron chi connectivity index (χ4n) is 1.33. The van der Waals surface area contributed by atoms with E-state index in [1.165, 1.54) is 0 Å². The van der Waals surface area contributed by atoms with E-state index in [4.69, 9.17) is 25.4 Å². The maximum atomic E-state index is 7.26. The van der Waals surface area contributed by atoms with Gasteiger partial charge >= 0.3 is 0 Å². The van der Waals surface area contributed by atoms with Gasteiger partial charge in [0, 0.05) is 25.7 Å². The van der Waals surface area contributed by atoms with Crippen molar-refractivity contribution in [2.24, 2.45) is 5.73 Å². The van der Waals surface area contributed by atoms with E-state index in [1.807, 2.05) is 12.1 Å². The highest BCUT2D eigenvalue weighted by Crippen LogP contribution is 2.11. The molecule has 0 aliphatic rings.